The predicted molar refractivity (Wildman–Crippen MR) is 142 cm³/mol. The fourth-order valence-electron chi connectivity index (χ4n) is 4.12. The number of hydrogen-bond donors (Lipinski definition) is 2. The molecule has 198 valence electrons. The molecule has 1 amide bonds. The molecule has 0 spiro atoms. The number of hydrogen-bond acceptors (Lipinski definition) is 9. The van der Waals surface area contributed by atoms with E-state index in [-0.39, 0.29) is 23.7 Å². The molecule has 11 nitrogen and oxygen atoms in total. The lowest BCUT2D eigenvalue weighted by Crippen LogP contribution is -2.44. The number of sulfonamides is 1. The number of pyridine rings is 1. The minimum absolute atomic E-state index is 0.133. The summed E-state index contributed by atoms with van der Waals surface area (Å²) in [7, 11) is -2.09. The third-order valence-electron chi connectivity index (χ3n) is 5.80. The summed E-state index contributed by atoms with van der Waals surface area (Å²) in [5.74, 6) is 0.872. The van der Waals surface area contributed by atoms with Gasteiger partial charge in [-0.05, 0) is 57.4 Å². The molecule has 0 atom stereocenters. The monoisotopic (exact) mass is 528 g/mol. The van der Waals surface area contributed by atoms with Gasteiger partial charge in [0, 0.05) is 36.3 Å². The van der Waals surface area contributed by atoms with E-state index in [0.717, 1.165) is 35.6 Å². The number of carbonyl (C=O) groups excluding carboxylic acids is 1. The molecule has 1 aliphatic heterocycles. The summed E-state index contributed by atoms with van der Waals surface area (Å²) in [4.78, 5) is 27.2. The van der Waals surface area contributed by atoms with Crippen molar-refractivity contribution in [3.8, 4) is 17.0 Å². The largest absolute Gasteiger partial charge is 0.480 e. The molecule has 1 fully saturated rings. The summed E-state index contributed by atoms with van der Waals surface area (Å²) in [5.41, 5.74) is 2.02. The first kappa shape index (κ1) is 26.4. The van der Waals surface area contributed by atoms with Crippen LogP contribution in [0.25, 0.3) is 22.0 Å². The molecule has 37 heavy (non-hydrogen) atoms. The zero-order valence-corrected chi connectivity index (χ0v) is 22.4. The Morgan fingerprint density at radius 2 is 1.81 bits per heavy atom. The first-order valence-corrected chi connectivity index (χ1v) is 13.8. The fraction of sp³-hybridized carbons (Fsp3) is 0.440. The van der Waals surface area contributed by atoms with Crippen LogP contribution in [0, 0.1) is 0 Å². The number of carbonyl (C=O) groups is 1. The van der Waals surface area contributed by atoms with E-state index in [2.05, 4.69) is 25.0 Å². The van der Waals surface area contributed by atoms with Crippen molar-refractivity contribution in [2.24, 2.45) is 0 Å². The first-order valence-electron chi connectivity index (χ1n) is 11.9. The highest BCUT2D eigenvalue weighted by atomic mass is 32.2. The van der Waals surface area contributed by atoms with Gasteiger partial charge in [0.25, 0.3) is 0 Å². The maximum Gasteiger partial charge on any atom is 0.410 e. The molecule has 4 rings (SSSR count). The number of aromatic nitrogens is 3. The van der Waals surface area contributed by atoms with Gasteiger partial charge in [-0.15, -0.1) is 0 Å². The zero-order chi connectivity index (χ0) is 26.8. The van der Waals surface area contributed by atoms with Crippen LogP contribution in [-0.2, 0) is 14.8 Å². The molecule has 0 aliphatic carbocycles. The molecular formula is C25H32N6O5S. The average Bonchev–Trinajstić information content (AvgIpc) is 2.82. The van der Waals surface area contributed by atoms with E-state index in [1.165, 1.54) is 13.4 Å². The molecule has 0 unspecified atom stereocenters. The van der Waals surface area contributed by atoms with Gasteiger partial charge in [-0.25, -0.2) is 28.2 Å². The minimum Gasteiger partial charge on any atom is -0.480 e. The van der Waals surface area contributed by atoms with Gasteiger partial charge >= 0.3 is 6.09 Å². The van der Waals surface area contributed by atoms with Crippen LogP contribution in [0.5, 0.6) is 5.88 Å². The Labute approximate surface area is 216 Å². The second-order valence-corrected chi connectivity index (χ2v) is 11.7. The lowest BCUT2D eigenvalue weighted by Gasteiger charge is -2.34. The van der Waals surface area contributed by atoms with Gasteiger partial charge in [0.05, 0.1) is 18.9 Å². The number of piperidine rings is 1. The topological polar surface area (TPSA) is 136 Å². The van der Waals surface area contributed by atoms with Crippen LogP contribution in [-0.4, -0.2) is 72.5 Å². The molecule has 0 radical (unpaired) electrons. The van der Waals surface area contributed by atoms with Crippen molar-refractivity contribution >= 4 is 38.5 Å². The second kappa shape index (κ2) is 10.4. The molecule has 1 aliphatic rings. The standard InChI is InChI=1S/C25H32N6O5S/c1-25(2,3)36-24(32)31-10-8-18(9-11-31)29-22-19-12-16(6-7-20(19)27-15-28-22)17-13-21(30-37(5,33)34)23(35-4)26-14-17/h6-7,12-15,18,30H,8-11H2,1-5H3,(H,27,28,29). The van der Waals surface area contributed by atoms with Gasteiger partial charge in [-0.1, -0.05) is 6.07 Å². The molecule has 3 heterocycles. The number of benzene rings is 1. The second-order valence-electron chi connectivity index (χ2n) is 10.00. The minimum atomic E-state index is -3.52. The van der Waals surface area contributed by atoms with E-state index in [9.17, 15) is 13.2 Å². The van der Waals surface area contributed by atoms with Crippen LogP contribution in [0.4, 0.5) is 16.3 Å². The molecule has 1 aromatic carbocycles. The lowest BCUT2D eigenvalue weighted by atomic mass is 10.0. The molecule has 2 N–H and O–H groups in total. The van der Waals surface area contributed by atoms with Gasteiger partial charge in [-0.2, -0.15) is 0 Å². The number of amides is 1. The summed E-state index contributed by atoms with van der Waals surface area (Å²) in [6, 6.07) is 7.54. The van der Waals surface area contributed by atoms with E-state index >= 15 is 0 Å². The summed E-state index contributed by atoms with van der Waals surface area (Å²) < 4.78 is 36.7. The summed E-state index contributed by atoms with van der Waals surface area (Å²) in [6.07, 6.45) is 5.43. The van der Waals surface area contributed by atoms with Gasteiger partial charge in [0.1, 0.15) is 23.4 Å². The Bertz CT molecular complexity index is 1400. The molecule has 1 saturated heterocycles. The van der Waals surface area contributed by atoms with Gasteiger partial charge in [0.15, 0.2) is 0 Å². The zero-order valence-electron chi connectivity index (χ0n) is 21.6. The SMILES string of the molecule is COc1ncc(-c2ccc3ncnc(NC4CCN(C(=O)OC(C)(C)C)CC4)c3c2)cc1NS(C)(=O)=O. The van der Waals surface area contributed by atoms with E-state index < -0.39 is 15.6 Å². The Hall–Kier alpha value is -3.67. The van der Waals surface area contributed by atoms with Crippen LogP contribution >= 0.6 is 0 Å². The highest BCUT2D eigenvalue weighted by Crippen LogP contribution is 2.32. The number of methoxy groups -OCH3 is 1. The highest BCUT2D eigenvalue weighted by molar-refractivity contribution is 7.92. The fourth-order valence-corrected chi connectivity index (χ4v) is 4.67. The maximum absolute atomic E-state index is 12.4. The van der Waals surface area contributed by atoms with Crippen molar-refractivity contribution < 1.29 is 22.7 Å². The summed E-state index contributed by atoms with van der Waals surface area (Å²) >= 11 is 0. The van der Waals surface area contributed by atoms with Crippen LogP contribution in [0.1, 0.15) is 33.6 Å². The quantitative estimate of drug-likeness (QED) is 0.488. The normalized spacial score (nSPS) is 14.9. The van der Waals surface area contributed by atoms with Gasteiger partial charge < -0.3 is 19.7 Å². The van der Waals surface area contributed by atoms with E-state index in [0.29, 0.717) is 24.5 Å². The Kier molecular flexibility index (Phi) is 7.39. The predicted octanol–water partition coefficient (Wildman–Crippen LogP) is 3.88. The molecular weight excluding hydrogens is 496 g/mol. The number of ether oxygens (including phenoxy) is 2. The number of nitrogens with one attached hydrogen (secondary N) is 2. The molecule has 12 heteroatoms. The first-order chi connectivity index (χ1) is 17.4. The maximum atomic E-state index is 12.4. The lowest BCUT2D eigenvalue weighted by molar-refractivity contribution is 0.0210. The average molecular weight is 529 g/mol. The number of rotatable bonds is 6. The van der Waals surface area contributed by atoms with Crippen molar-refractivity contribution in [2.75, 3.05) is 36.5 Å². The summed E-state index contributed by atoms with van der Waals surface area (Å²) in [5, 5.41) is 4.34. The molecule has 3 aromatic rings. The van der Waals surface area contributed by atoms with E-state index in [1.807, 2.05) is 39.0 Å². The number of fused-ring (bicyclic) bond motifs is 1. The number of likely N-dealkylation sites (tertiary alicyclic amines) is 1. The van der Waals surface area contributed by atoms with Crippen LogP contribution in [0.15, 0.2) is 36.8 Å². The third kappa shape index (κ3) is 6.76. The molecule has 0 saturated carbocycles. The Morgan fingerprint density at radius 1 is 1.08 bits per heavy atom. The Morgan fingerprint density at radius 3 is 2.46 bits per heavy atom. The van der Waals surface area contributed by atoms with Crippen molar-refractivity contribution in [3.63, 3.8) is 0 Å². The van der Waals surface area contributed by atoms with Crippen LogP contribution in [0.2, 0.25) is 0 Å². The Balaban J connectivity index is 1.55. The van der Waals surface area contributed by atoms with Crippen LogP contribution in [0.3, 0.4) is 0 Å². The van der Waals surface area contributed by atoms with E-state index in [4.69, 9.17) is 9.47 Å². The van der Waals surface area contributed by atoms with Crippen LogP contribution < -0.4 is 14.8 Å². The van der Waals surface area contributed by atoms with Gasteiger partial charge in [-0.3, -0.25) is 4.72 Å². The van der Waals surface area contributed by atoms with Gasteiger partial charge in [0.2, 0.25) is 15.9 Å². The number of nitrogens with zero attached hydrogens (tertiary/aromatic N) is 4. The molecule has 2 aromatic heterocycles. The smallest absolute Gasteiger partial charge is 0.410 e. The summed E-state index contributed by atoms with van der Waals surface area (Å²) in [6.45, 7) is 6.76. The van der Waals surface area contributed by atoms with Crippen molar-refractivity contribution in [2.45, 2.75) is 45.3 Å². The van der Waals surface area contributed by atoms with Crippen molar-refractivity contribution in [1.29, 1.82) is 0 Å². The third-order valence-corrected chi connectivity index (χ3v) is 6.39. The van der Waals surface area contributed by atoms with E-state index in [1.54, 1.807) is 17.2 Å². The highest BCUT2D eigenvalue weighted by Gasteiger charge is 2.27. The number of anilines is 2. The van der Waals surface area contributed by atoms with Crippen molar-refractivity contribution in [1.82, 2.24) is 19.9 Å². The molecule has 0 bridgehead atoms. The van der Waals surface area contributed by atoms with Crippen molar-refractivity contribution in [3.05, 3.63) is 36.8 Å².